The second-order valence-electron chi connectivity index (χ2n) is 8.88. The van der Waals surface area contributed by atoms with E-state index in [1.54, 1.807) is 0 Å². The Morgan fingerprint density at radius 2 is 1.50 bits per heavy atom. The Morgan fingerprint density at radius 3 is 2.09 bits per heavy atom. The lowest BCUT2D eigenvalue weighted by atomic mass is 10.0. The number of aromatic nitrogens is 2. The first-order valence-corrected chi connectivity index (χ1v) is 13.4. The number of para-hydroxylation sites is 2. The van der Waals surface area contributed by atoms with Gasteiger partial charge in [0, 0.05) is 11.8 Å². The molecule has 3 aromatic rings. The third-order valence-electron chi connectivity index (χ3n) is 6.22. The van der Waals surface area contributed by atoms with Gasteiger partial charge in [-0.3, -0.25) is 9.36 Å². The molecule has 0 aliphatic heterocycles. The van der Waals surface area contributed by atoms with Crippen LogP contribution in [0, 0.1) is 0 Å². The van der Waals surface area contributed by atoms with E-state index in [4.69, 9.17) is 10.7 Å². The minimum absolute atomic E-state index is 0.372. The first-order chi connectivity index (χ1) is 15.7. The molecule has 3 rings (SSSR count). The van der Waals surface area contributed by atoms with E-state index in [2.05, 4.69) is 23.6 Å². The van der Waals surface area contributed by atoms with Crippen molar-refractivity contribution in [3.8, 4) is 5.69 Å². The Hall–Kier alpha value is -2.14. The lowest BCUT2D eigenvalue weighted by molar-refractivity contribution is 0.100. The summed E-state index contributed by atoms with van der Waals surface area (Å²) in [6.07, 6.45) is 18.6. The molecule has 174 valence electrons. The van der Waals surface area contributed by atoms with Crippen molar-refractivity contribution >= 4 is 28.3 Å². The summed E-state index contributed by atoms with van der Waals surface area (Å²) in [6, 6.07) is 10.1. The molecule has 0 spiro atoms. The summed E-state index contributed by atoms with van der Waals surface area (Å²) in [7, 11) is 0. The van der Waals surface area contributed by atoms with Crippen LogP contribution in [0.25, 0.3) is 16.7 Å². The normalized spacial score (nSPS) is 11.4. The van der Waals surface area contributed by atoms with Crippen molar-refractivity contribution in [1.29, 1.82) is 0 Å². The van der Waals surface area contributed by atoms with Crippen LogP contribution in [0.3, 0.4) is 0 Å². The molecular weight excluding hydrogens is 414 g/mol. The number of carbonyl (C=O) groups excluding carboxylic acids is 1. The third-order valence-corrected chi connectivity index (χ3v) is 7.15. The number of nitrogens with two attached hydrogens (primary N) is 1. The van der Waals surface area contributed by atoms with E-state index in [-0.39, 0.29) is 5.91 Å². The fourth-order valence-electron chi connectivity index (χ4n) is 4.41. The zero-order valence-electron chi connectivity index (χ0n) is 19.7. The van der Waals surface area contributed by atoms with Crippen LogP contribution >= 0.6 is 11.3 Å². The molecule has 2 heterocycles. The topological polar surface area (TPSA) is 60.9 Å². The van der Waals surface area contributed by atoms with Gasteiger partial charge in [-0.1, -0.05) is 96.1 Å². The molecule has 0 bridgehead atoms. The lowest BCUT2D eigenvalue weighted by Crippen LogP contribution is -2.08. The summed E-state index contributed by atoms with van der Waals surface area (Å²) in [6.45, 7) is 2.28. The SMILES string of the molecule is CCCCCCCCCCCCCCCc1nc2ccccc2n1-c1csc(C(N)=O)c1. The van der Waals surface area contributed by atoms with E-state index >= 15 is 0 Å². The van der Waals surface area contributed by atoms with Crippen LogP contribution in [-0.2, 0) is 6.42 Å². The van der Waals surface area contributed by atoms with Crippen molar-refractivity contribution in [2.24, 2.45) is 5.73 Å². The highest BCUT2D eigenvalue weighted by molar-refractivity contribution is 7.12. The van der Waals surface area contributed by atoms with Crippen molar-refractivity contribution in [2.75, 3.05) is 0 Å². The van der Waals surface area contributed by atoms with Crippen molar-refractivity contribution < 1.29 is 4.79 Å². The number of fused-ring (bicyclic) bond motifs is 1. The van der Waals surface area contributed by atoms with Crippen LogP contribution in [0.15, 0.2) is 35.7 Å². The number of unbranched alkanes of at least 4 members (excludes halogenated alkanes) is 12. The van der Waals surface area contributed by atoms with Crippen LogP contribution in [0.4, 0.5) is 0 Å². The Kier molecular flexibility index (Phi) is 10.3. The van der Waals surface area contributed by atoms with E-state index in [1.165, 1.54) is 88.4 Å². The second-order valence-corrected chi connectivity index (χ2v) is 9.79. The van der Waals surface area contributed by atoms with Gasteiger partial charge >= 0.3 is 0 Å². The van der Waals surface area contributed by atoms with Crippen LogP contribution in [-0.4, -0.2) is 15.5 Å². The van der Waals surface area contributed by atoms with Gasteiger partial charge in [-0.15, -0.1) is 11.3 Å². The molecule has 0 aliphatic carbocycles. The number of amides is 1. The van der Waals surface area contributed by atoms with Crippen LogP contribution in [0.2, 0.25) is 0 Å². The number of hydrogen-bond acceptors (Lipinski definition) is 3. The highest BCUT2D eigenvalue weighted by Crippen LogP contribution is 2.26. The second kappa shape index (κ2) is 13.4. The number of hydrogen-bond donors (Lipinski definition) is 1. The number of primary amides is 1. The molecule has 0 radical (unpaired) electrons. The Labute approximate surface area is 197 Å². The molecule has 0 unspecified atom stereocenters. The fraction of sp³-hybridized carbons (Fsp3) is 0.556. The number of aryl methyl sites for hydroxylation is 1. The summed E-state index contributed by atoms with van der Waals surface area (Å²) < 4.78 is 2.19. The summed E-state index contributed by atoms with van der Waals surface area (Å²) in [5.74, 6) is 0.701. The number of nitrogens with zero attached hydrogens (tertiary/aromatic N) is 2. The highest BCUT2D eigenvalue weighted by Gasteiger charge is 2.14. The van der Waals surface area contributed by atoms with Crippen molar-refractivity contribution in [2.45, 2.75) is 96.8 Å². The summed E-state index contributed by atoms with van der Waals surface area (Å²) in [5.41, 5.74) is 8.55. The molecule has 0 saturated heterocycles. The summed E-state index contributed by atoms with van der Waals surface area (Å²) in [4.78, 5) is 17.0. The minimum Gasteiger partial charge on any atom is -0.365 e. The molecule has 0 atom stereocenters. The van der Waals surface area contributed by atoms with Crippen molar-refractivity contribution in [1.82, 2.24) is 9.55 Å². The van der Waals surface area contributed by atoms with Gasteiger partial charge in [0.2, 0.25) is 0 Å². The monoisotopic (exact) mass is 453 g/mol. The summed E-state index contributed by atoms with van der Waals surface area (Å²) >= 11 is 1.40. The largest absolute Gasteiger partial charge is 0.365 e. The Morgan fingerprint density at radius 1 is 0.906 bits per heavy atom. The molecule has 2 N–H and O–H groups in total. The average Bonchev–Trinajstić information content (AvgIpc) is 3.41. The predicted octanol–water partition coefficient (Wildman–Crippen LogP) is 7.82. The van der Waals surface area contributed by atoms with E-state index < -0.39 is 0 Å². The maximum Gasteiger partial charge on any atom is 0.258 e. The third kappa shape index (κ3) is 7.19. The zero-order chi connectivity index (χ0) is 22.6. The van der Waals surface area contributed by atoms with Gasteiger partial charge in [-0.05, 0) is 24.6 Å². The molecule has 1 aromatic carbocycles. The summed E-state index contributed by atoms with van der Waals surface area (Å²) in [5, 5.41) is 2.00. The molecule has 5 heteroatoms. The Balaban J connectivity index is 1.41. The van der Waals surface area contributed by atoms with E-state index in [0.29, 0.717) is 4.88 Å². The van der Waals surface area contributed by atoms with Gasteiger partial charge in [-0.25, -0.2) is 4.98 Å². The molecule has 0 aliphatic rings. The Bertz CT molecular complexity index is 959. The molecule has 1 amide bonds. The minimum atomic E-state index is -0.372. The average molecular weight is 454 g/mol. The van der Waals surface area contributed by atoms with Gasteiger partial charge in [0.1, 0.15) is 5.82 Å². The van der Waals surface area contributed by atoms with Crippen molar-refractivity contribution in [3.63, 3.8) is 0 Å². The maximum absolute atomic E-state index is 11.5. The van der Waals surface area contributed by atoms with Crippen LogP contribution in [0.5, 0.6) is 0 Å². The van der Waals surface area contributed by atoms with E-state index in [1.807, 2.05) is 23.6 Å². The van der Waals surface area contributed by atoms with Gasteiger partial charge in [0.05, 0.1) is 21.6 Å². The van der Waals surface area contributed by atoms with Gasteiger partial charge in [0.25, 0.3) is 5.91 Å². The smallest absolute Gasteiger partial charge is 0.258 e. The van der Waals surface area contributed by atoms with Crippen molar-refractivity contribution in [3.05, 3.63) is 46.4 Å². The lowest BCUT2D eigenvalue weighted by Gasteiger charge is -2.07. The molecule has 4 nitrogen and oxygen atoms in total. The maximum atomic E-state index is 11.5. The number of imidazole rings is 1. The van der Waals surface area contributed by atoms with Gasteiger partial charge in [-0.2, -0.15) is 0 Å². The quantitative estimate of drug-likeness (QED) is 0.225. The first kappa shape index (κ1) is 24.5. The van der Waals surface area contributed by atoms with Gasteiger partial charge < -0.3 is 5.73 Å². The van der Waals surface area contributed by atoms with E-state index in [0.717, 1.165) is 35.4 Å². The molecule has 32 heavy (non-hydrogen) atoms. The molecular formula is C27H39N3OS. The standard InChI is InChI=1S/C27H39N3OS/c1-2-3-4-5-6-7-8-9-10-11-12-13-14-19-26-29-23-17-15-16-18-24(23)30(26)22-20-25(27(28)31)32-21-22/h15-18,20-21H,2-14,19H2,1H3,(H2,28,31). The first-order valence-electron chi connectivity index (χ1n) is 12.6. The van der Waals surface area contributed by atoms with E-state index in [9.17, 15) is 4.79 Å². The zero-order valence-corrected chi connectivity index (χ0v) is 20.5. The van der Waals surface area contributed by atoms with Crippen LogP contribution in [0.1, 0.15) is 106 Å². The fourth-order valence-corrected chi connectivity index (χ4v) is 5.13. The predicted molar refractivity (Wildman–Crippen MR) is 137 cm³/mol. The number of rotatable bonds is 16. The van der Waals surface area contributed by atoms with Gasteiger partial charge in [0.15, 0.2) is 0 Å². The van der Waals surface area contributed by atoms with Crippen LogP contribution < -0.4 is 5.73 Å². The number of carbonyl (C=O) groups is 1. The molecule has 2 aromatic heterocycles. The molecule has 0 saturated carbocycles. The molecule has 0 fully saturated rings. The number of benzene rings is 1. The number of thiophene rings is 1. The highest BCUT2D eigenvalue weighted by atomic mass is 32.1.